The zero-order valence-electron chi connectivity index (χ0n) is 22.0. The molecule has 0 bridgehead atoms. The third kappa shape index (κ3) is 8.62. The summed E-state index contributed by atoms with van der Waals surface area (Å²) in [7, 11) is 0. The van der Waals surface area contributed by atoms with Crippen LogP contribution in [0.25, 0.3) is 0 Å². The Hall–Kier alpha value is -3.85. The van der Waals surface area contributed by atoms with Crippen LogP contribution in [-0.4, -0.2) is 77.4 Å². The molecule has 3 atom stereocenters. The molecule has 1 aliphatic rings. The summed E-state index contributed by atoms with van der Waals surface area (Å²) in [4.78, 5) is 65.7. The fourth-order valence-corrected chi connectivity index (χ4v) is 4.52. The lowest BCUT2D eigenvalue weighted by atomic mass is 10.1. The Kier molecular flexibility index (Phi) is 10.7. The molecule has 38 heavy (non-hydrogen) atoms. The van der Waals surface area contributed by atoms with Gasteiger partial charge in [0.25, 0.3) is 0 Å². The summed E-state index contributed by atoms with van der Waals surface area (Å²) in [5.41, 5.74) is 2.11. The number of Topliss-reactive ketones (excluding diaryl/α,β-unsaturated/α-hetero) is 1. The maximum Gasteiger partial charge on any atom is 0.247 e. The van der Waals surface area contributed by atoms with Crippen LogP contribution in [0.15, 0.2) is 60.7 Å². The maximum absolute atomic E-state index is 13.6. The van der Waals surface area contributed by atoms with E-state index >= 15 is 0 Å². The van der Waals surface area contributed by atoms with Gasteiger partial charge in [0.1, 0.15) is 24.2 Å². The molecule has 9 nitrogen and oxygen atoms in total. The van der Waals surface area contributed by atoms with E-state index in [9.17, 15) is 24.0 Å². The average molecular weight is 521 g/mol. The standard InChI is InChI=1S/C29H36N4O5/c1-21(35)17-25(20-34)30-28(37)22(2)33-16-15-32(18-24-11-7-4-8-12-24)19-26(29(33)38)31-27(36)14-13-23-9-5-3-6-10-23/h3-12,20,22,25-26H,13-19H2,1-2H3,(H,30,37)(H,31,36). The highest BCUT2D eigenvalue weighted by molar-refractivity contribution is 5.93. The molecule has 2 aromatic rings. The Morgan fingerprint density at radius 2 is 1.63 bits per heavy atom. The van der Waals surface area contributed by atoms with Crippen molar-refractivity contribution in [1.29, 1.82) is 0 Å². The lowest BCUT2D eigenvalue weighted by Crippen LogP contribution is -2.56. The van der Waals surface area contributed by atoms with Gasteiger partial charge >= 0.3 is 0 Å². The number of nitrogens with zero attached hydrogens (tertiary/aromatic N) is 2. The molecule has 3 unspecified atom stereocenters. The quantitative estimate of drug-likeness (QED) is 0.410. The van der Waals surface area contributed by atoms with Crippen LogP contribution in [-0.2, 0) is 36.9 Å². The zero-order valence-corrected chi connectivity index (χ0v) is 22.0. The number of benzene rings is 2. The fraction of sp³-hybridized carbons (Fsp3) is 0.414. The Labute approximate surface area is 223 Å². The number of carbonyl (C=O) groups is 5. The molecule has 3 amide bonds. The fourth-order valence-electron chi connectivity index (χ4n) is 4.52. The van der Waals surface area contributed by atoms with Crippen molar-refractivity contribution in [3.8, 4) is 0 Å². The molecule has 1 saturated heterocycles. The molecule has 1 fully saturated rings. The van der Waals surface area contributed by atoms with E-state index in [0.29, 0.717) is 32.3 Å². The summed E-state index contributed by atoms with van der Waals surface area (Å²) < 4.78 is 0. The first-order valence-electron chi connectivity index (χ1n) is 12.9. The molecule has 3 rings (SSSR count). The van der Waals surface area contributed by atoms with Crippen LogP contribution in [0.4, 0.5) is 0 Å². The number of rotatable bonds is 12. The third-order valence-corrected chi connectivity index (χ3v) is 6.59. The van der Waals surface area contributed by atoms with Gasteiger partial charge in [-0.25, -0.2) is 0 Å². The smallest absolute Gasteiger partial charge is 0.247 e. The van der Waals surface area contributed by atoms with Crippen LogP contribution in [0.3, 0.4) is 0 Å². The number of carbonyl (C=O) groups excluding carboxylic acids is 5. The topological polar surface area (TPSA) is 116 Å². The van der Waals surface area contributed by atoms with E-state index < -0.39 is 24.0 Å². The van der Waals surface area contributed by atoms with Gasteiger partial charge in [-0.05, 0) is 31.4 Å². The van der Waals surface area contributed by atoms with Crippen LogP contribution in [0.1, 0.15) is 37.8 Å². The minimum atomic E-state index is -0.951. The summed E-state index contributed by atoms with van der Waals surface area (Å²) in [5.74, 6) is -1.35. The van der Waals surface area contributed by atoms with Gasteiger partial charge in [-0.15, -0.1) is 0 Å². The monoisotopic (exact) mass is 520 g/mol. The summed E-state index contributed by atoms with van der Waals surface area (Å²) in [6.45, 7) is 4.59. The SMILES string of the molecule is CC(=O)CC(C=O)NC(=O)C(C)N1CCN(Cc2ccccc2)CC(NC(=O)CCc2ccccc2)C1=O. The van der Waals surface area contributed by atoms with Gasteiger partial charge in [0.05, 0.1) is 6.04 Å². The van der Waals surface area contributed by atoms with E-state index in [-0.39, 0.29) is 37.0 Å². The molecular weight excluding hydrogens is 484 g/mol. The largest absolute Gasteiger partial charge is 0.344 e. The van der Waals surface area contributed by atoms with E-state index in [1.165, 1.54) is 11.8 Å². The number of nitrogens with one attached hydrogen (secondary N) is 2. The van der Waals surface area contributed by atoms with Gasteiger partial charge in [-0.2, -0.15) is 0 Å². The number of aryl methyl sites for hydroxylation is 1. The van der Waals surface area contributed by atoms with Crippen molar-refractivity contribution in [3.63, 3.8) is 0 Å². The molecule has 202 valence electrons. The molecule has 2 aromatic carbocycles. The van der Waals surface area contributed by atoms with Crippen molar-refractivity contribution in [2.24, 2.45) is 0 Å². The average Bonchev–Trinajstić information content (AvgIpc) is 3.05. The molecule has 0 radical (unpaired) electrons. The van der Waals surface area contributed by atoms with Crippen molar-refractivity contribution >= 4 is 29.8 Å². The van der Waals surface area contributed by atoms with Crippen LogP contribution in [0, 0.1) is 0 Å². The molecule has 0 aliphatic carbocycles. The normalized spacial score (nSPS) is 17.7. The van der Waals surface area contributed by atoms with Gasteiger partial charge in [-0.1, -0.05) is 60.7 Å². The predicted octanol–water partition coefficient (Wildman–Crippen LogP) is 1.50. The van der Waals surface area contributed by atoms with Crippen molar-refractivity contribution in [3.05, 3.63) is 71.8 Å². The molecular formula is C29H36N4O5. The Bertz CT molecular complexity index is 1110. The zero-order chi connectivity index (χ0) is 27.5. The van der Waals surface area contributed by atoms with Gasteiger partial charge in [-0.3, -0.25) is 24.1 Å². The highest BCUT2D eigenvalue weighted by Gasteiger charge is 2.36. The van der Waals surface area contributed by atoms with E-state index in [4.69, 9.17) is 0 Å². The van der Waals surface area contributed by atoms with Crippen molar-refractivity contribution in [1.82, 2.24) is 20.4 Å². The number of hydrogen-bond acceptors (Lipinski definition) is 6. The molecule has 2 N–H and O–H groups in total. The van der Waals surface area contributed by atoms with Gasteiger partial charge in [0, 0.05) is 39.0 Å². The second-order valence-corrected chi connectivity index (χ2v) is 9.69. The van der Waals surface area contributed by atoms with Crippen molar-refractivity contribution in [2.45, 2.75) is 57.8 Å². The van der Waals surface area contributed by atoms with Gasteiger partial charge in [0.2, 0.25) is 17.7 Å². The Morgan fingerprint density at radius 1 is 1.00 bits per heavy atom. The summed E-state index contributed by atoms with van der Waals surface area (Å²) in [6.07, 6.45) is 1.19. The lowest BCUT2D eigenvalue weighted by molar-refractivity contribution is -0.142. The molecule has 0 saturated carbocycles. The van der Waals surface area contributed by atoms with Crippen LogP contribution in [0.2, 0.25) is 0 Å². The number of aldehydes is 1. The second-order valence-electron chi connectivity index (χ2n) is 9.69. The van der Waals surface area contributed by atoms with Gasteiger partial charge in [0.15, 0.2) is 0 Å². The summed E-state index contributed by atoms with van der Waals surface area (Å²) >= 11 is 0. The highest BCUT2D eigenvalue weighted by Crippen LogP contribution is 2.14. The first kappa shape index (κ1) is 28.7. The van der Waals surface area contributed by atoms with Crippen molar-refractivity contribution < 1.29 is 24.0 Å². The molecule has 1 heterocycles. The number of amides is 3. The lowest BCUT2D eigenvalue weighted by Gasteiger charge is -2.30. The predicted molar refractivity (Wildman–Crippen MR) is 143 cm³/mol. The summed E-state index contributed by atoms with van der Waals surface area (Å²) in [6, 6.07) is 16.8. The molecule has 0 aromatic heterocycles. The van der Waals surface area contributed by atoms with E-state index in [0.717, 1.165) is 11.1 Å². The Morgan fingerprint density at radius 3 is 2.24 bits per heavy atom. The molecule has 0 spiro atoms. The first-order chi connectivity index (χ1) is 18.3. The van der Waals surface area contributed by atoms with Crippen LogP contribution < -0.4 is 10.6 Å². The number of ketones is 1. The van der Waals surface area contributed by atoms with E-state index in [2.05, 4.69) is 15.5 Å². The van der Waals surface area contributed by atoms with Crippen molar-refractivity contribution in [2.75, 3.05) is 19.6 Å². The van der Waals surface area contributed by atoms with E-state index in [1.807, 2.05) is 60.7 Å². The minimum Gasteiger partial charge on any atom is -0.344 e. The summed E-state index contributed by atoms with van der Waals surface area (Å²) in [5, 5.41) is 5.45. The number of hydrogen-bond donors (Lipinski definition) is 2. The first-order valence-corrected chi connectivity index (χ1v) is 12.9. The minimum absolute atomic E-state index is 0.110. The molecule has 9 heteroatoms. The van der Waals surface area contributed by atoms with Crippen LogP contribution >= 0.6 is 0 Å². The van der Waals surface area contributed by atoms with Gasteiger partial charge < -0.3 is 20.3 Å². The maximum atomic E-state index is 13.6. The molecule has 1 aliphatic heterocycles. The third-order valence-electron chi connectivity index (χ3n) is 6.59. The van der Waals surface area contributed by atoms with E-state index in [1.54, 1.807) is 6.92 Å². The Balaban J connectivity index is 1.73. The highest BCUT2D eigenvalue weighted by atomic mass is 16.2. The second kappa shape index (κ2) is 14.2. The van der Waals surface area contributed by atoms with Crippen LogP contribution in [0.5, 0.6) is 0 Å².